The third-order valence-corrected chi connectivity index (χ3v) is 3.95. The zero-order valence-corrected chi connectivity index (χ0v) is 10.6. The zero-order chi connectivity index (χ0) is 9.19. The number of likely N-dealkylation sites (tertiary alicyclic amines) is 1. The van der Waals surface area contributed by atoms with Gasteiger partial charge >= 0.3 is 0 Å². The van der Waals surface area contributed by atoms with Crippen LogP contribution < -0.4 is 0 Å². The van der Waals surface area contributed by atoms with Crippen LogP contribution in [-0.4, -0.2) is 22.5 Å². The summed E-state index contributed by atoms with van der Waals surface area (Å²) in [5.41, 5.74) is 0.525. The van der Waals surface area contributed by atoms with Crippen molar-refractivity contribution in [2.45, 2.75) is 33.6 Å². The number of nitrogens with zero attached hydrogens (tertiary/aromatic N) is 1. The van der Waals surface area contributed by atoms with E-state index in [0.717, 1.165) is 5.92 Å². The first-order chi connectivity index (χ1) is 5.54. The number of piperidine rings is 1. The lowest BCUT2D eigenvalue weighted by Crippen LogP contribution is -2.37. The van der Waals surface area contributed by atoms with Crippen LogP contribution in [0.5, 0.6) is 0 Å². The van der Waals surface area contributed by atoms with Gasteiger partial charge in [0.05, 0.1) is 4.55 Å². The number of hydrogen-bond acceptors (Lipinski definition) is 1. The monoisotopic (exact) mass is 281 g/mol. The van der Waals surface area contributed by atoms with E-state index < -0.39 is 0 Å². The second-order valence-corrected chi connectivity index (χ2v) is 5.56. The molecule has 0 spiro atoms. The molecule has 1 rings (SSSR count). The van der Waals surface area contributed by atoms with E-state index in [4.69, 9.17) is 0 Å². The Morgan fingerprint density at radius 3 is 2.08 bits per heavy atom. The molecule has 1 saturated heterocycles. The molecule has 0 radical (unpaired) electrons. The molecule has 72 valence electrons. The highest BCUT2D eigenvalue weighted by Gasteiger charge is 2.27. The maximum Gasteiger partial charge on any atom is 0.0505 e. The molecule has 1 aliphatic rings. The third-order valence-electron chi connectivity index (χ3n) is 2.98. The average Bonchev–Trinajstić information content (AvgIpc) is 2.03. The highest BCUT2D eigenvalue weighted by molar-refractivity contribution is 14.1. The second-order valence-electron chi connectivity index (χ2n) is 4.88. The molecule has 1 heterocycles. The summed E-state index contributed by atoms with van der Waals surface area (Å²) in [5.74, 6) is 0.941. The molecule has 0 amide bonds. The Morgan fingerprint density at radius 2 is 1.75 bits per heavy atom. The van der Waals surface area contributed by atoms with Crippen LogP contribution in [-0.2, 0) is 0 Å². The Balaban J connectivity index is 2.36. The molecule has 0 aromatic heterocycles. The molecule has 0 unspecified atom stereocenters. The summed E-state index contributed by atoms with van der Waals surface area (Å²) >= 11 is 2.46. The number of alkyl halides is 1. The number of rotatable bonds is 1. The average molecular weight is 281 g/mol. The van der Waals surface area contributed by atoms with E-state index in [0.29, 0.717) is 5.41 Å². The van der Waals surface area contributed by atoms with Gasteiger partial charge in [-0.05, 0) is 37.3 Å². The first kappa shape index (κ1) is 10.8. The summed E-state index contributed by atoms with van der Waals surface area (Å²) in [7, 11) is 0. The summed E-state index contributed by atoms with van der Waals surface area (Å²) in [6, 6.07) is 0. The number of hydrogen-bond donors (Lipinski definition) is 0. The van der Waals surface area contributed by atoms with Gasteiger partial charge in [-0.15, -0.1) is 0 Å². The predicted molar refractivity (Wildman–Crippen MR) is 62.6 cm³/mol. The summed E-state index contributed by atoms with van der Waals surface area (Å²) < 4.78 is 1.20. The van der Waals surface area contributed by atoms with E-state index in [9.17, 15) is 0 Å². The highest BCUT2D eigenvalue weighted by Crippen LogP contribution is 2.34. The van der Waals surface area contributed by atoms with Gasteiger partial charge in [-0.3, -0.25) is 4.90 Å². The van der Waals surface area contributed by atoms with E-state index in [1.165, 1.54) is 30.5 Å². The van der Waals surface area contributed by atoms with Gasteiger partial charge in [0.2, 0.25) is 0 Å². The maximum absolute atomic E-state index is 2.54. The lowest BCUT2D eigenvalue weighted by atomic mass is 9.75. The molecule has 0 atom stereocenters. The SMILES string of the molecule is CC(C)(C)C1CCN(CI)CC1. The Kier molecular flexibility index (Phi) is 3.83. The van der Waals surface area contributed by atoms with Crippen molar-refractivity contribution < 1.29 is 0 Å². The molecule has 0 bridgehead atoms. The van der Waals surface area contributed by atoms with Crippen molar-refractivity contribution in [2.75, 3.05) is 17.6 Å². The molecule has 1 fully saturated rings. The maximum atomic E-state index is 2.54. The van der Waals surface area contributed by atoms with Crippen molar-refractivity contribution >= 4 is 22.6 Å². The molecule has 0 saturated carbocycles. The molecule has 0 aliphatic carbocycles. The minimum absolute atomic E-state index is 0.525. The predicted octanol–water partition coefficient (Wildman–Crippen LogP) is 3.14. The van der Waals surface area contributed by atoms with Gasteiger partial charge in [-0.1, -0.05) is 43.4 Å². The fraction of sp³-hybridized carbons (Fsp3) is 1.00. The van der Waals surface area contributed by atoms with Gasteiger partial charge in [0.15, 0.2) is 0 Å². The minimum atomic E-state index is 0.525. The Bertz CT molecular complexity index is 131. The van der Waals surface area contributed by atoms with Crippen LogP contribution in [0.15, 0.2) is 0 Å². The molecule has 0 aromatic rings. The minimum Gasteiger partial charge on any atom is -0.294 e. The molecule has 2 heteroatoms. The first-order valence-corrected chi connectivity index (χ1v) is 6.35. The Labute approximate surface area is 90.0 Å². The van der Waals surface area contributed by atoms with Crippen LogP contribution in [0.2, 0.25) is 0 Å². The van der Waals surface area contributed by atoms with E-state index in [1.807, 2.05) is 0 Å². The van der Waals surface area contributed by atoms with Gasteiger partial charge in [-0.2, -0.15) is 0 Å². The van der Waals surface area contributed by atoms with Crippen LogP contribution in [0.4, 0.5) is 0 Å². The smallest absolute Gasteiger partial charge is 0.0505 e. The van der Waals surface area contributed by atoms with Crippen molar-refractivity contribution in [1.82, 2.24) is 4.90 Å². The van der Waals surface area contributed by atoms with E-state index in [-0.39, 0.29) is 0 Å². The van der Waals surface area contributed by atoms with Crippen molar-refractivity contribution in [1.29, 1.82) is 0 Å². The van der Waals surface area contributed by atoms with Gasteiger partial charge in [-0.25, -0.2) is 0 Å². The lowest BCUT2D eigenvalue weighted by Gasteiger charge is -2.38. The first-order valence-electron chi connectivity index (χ1n) is 4.82. The molecule has 1 nitrogen and oxygen atoms in total. The summed E-state index contributed by atoms with van der Waals surface area (Å²) in [6.45, 7) is 9.74. The number of halogens is 1. The summed E-state index contributed by atoms with van der Waals surface area (Å²) in [5, 5.41) is 0. The van der Waals surface area contributed by atoms with E-state index in [2.05, 4.69) is 48.3 Å². The van der Waals surface area contributed by atoms with Gasteiger partial charge in [0.25, 0.3) is 0 Å². The van der Waals surface area contributed by atoms with Crippen LogP contribution in [0, 0.1) is 11.3 Å². The fourth-order valence-corrected chi connectivity index (χ4v) is 2.60. The van der Waals surface area contributed by atoms with Crippen molar-refractivity contribution in [3.63, 3.8) is 0 Å². The van der Waals surface area contributed by atoms with Gasteiger partial charge in [0, 0.05) is 0 Å². The Hall–Kier alpha value is 0.690. The van der Waals surface area contributed by atoms with Crippen molar-refractivity contribution in [3.05, 3.63) is 0 Å². The van der Waals surface area contributed by atoms with E-state index >= 15 is 0 Å². The van der Waals surface area contributed by atoms with E-state index in [1.54, 1.807) is 0 Å². The lowest BCUT2D eigenvalue weighted by molar-refractivity contribution is 0.127. The topological polar surface area (TPSA) is 3.24 Å². The molecule has 1 aliphatic heterocycles. The third kappa shape index (κ3) is 2.87. The van der Waals surface area contributed by atoms with Crippen LogP contribution in [0.3, 0.4) is 0 Å². The quantitative estimate of drug-likeness (QED) is 0.405. The van der Waals surface area contributed by atoms with Crippen molar-refractivity contribution in [3.8, 4) is 0 Å². The molecular weight excluding hydrogens is 261 g/mol. The van der Waals surface area contributed by atoms with Crippen molar-refractivity contribution in [2.24, 2.45) is 11.3 Å². The molecule has 12 heavy (non-hydrogen) atoms. The highest BCUT2D eigenvalue weighted by atomic mass is 127. The van der Waals surface area contributed by atoms with Crippen LogP contribution in [0.25, 0.3) is 0 Å². The molecule has 0 N–H and O–H groups in total. The zero-order valence-electron chi connectivity index (χ0n) is 8.44. The normalized spacial score (nSPS) is 23.0. The molecular formula is C10H20IN. The van der Waals surface area contributed by atoms with Gasteiger partial charge < -0.3 is 0 Å². The fourth-order valence-electron chi connectivity index (χ4n) is 1.92. The summed E-state index contributed by atoms with van der Waals surface area (Å²) in [6.07, 6.45) is 2.79. The summed E-state index contributed by atoms with van der Waals surface area (Å²) in [4.78, 5) is 2.54. The Morgan fingerprint density at radius 1 is 1.25 bits per heavy atom. The standard InChI is InChI=1S/C10H20IN/c1-10(2,3)9-4-6-12(8-11)7-5-9/h9H,4-8H2,1-3H3. The van der Waals surface area contributed by atoms with Crippen LogP contribution in [0.1, 0.15) is 33.6 Å². The second kappa shape index (κ2) is 4.27. The van der Waals surface area contributed by atoms with Crippen LogP contribution >= 0.6 is 22.6 Å². The molecule has 0 aromatic carbocycles. The van der Waals surface area contributed by atoms with Gasteiger partial charge in [0.1, 0.15) is 0 Å². The largest absolute Gasteiger partial charge is 0.294 e.